The van der Waals surface area contributed by atoms with Crippen LogP contribution in [0.5, 0.6) is 0 Å². The molecule has 4 rings (SSSR count). The van der Waals surface area contributed by atoms with Crippen LogP contribution in [0.4, 0.5) is 5.69 Å². The van der Waals surface area contributed by atoms with Gasteiger partial charge in [0.15, 0.2) is 0 Å². The smallest absolute Gasteiger partial charge is 0.244 e. The highest BCUT2D eigenvalue weighted by Crippen LogP contribution is 2.29. The van der Waals surface area contributed by atoms with Crippen molar-refractivity contribution in [3.05, 3.63) is 113 Å². The molecular weight excluding hydrogens is 546 g/mol. The van der Waals surface area contributed by atoms with Crippen molar-refractivity contribution in [3.8, 4) is 0 Å². The number of nitrogens with zero attached hydrogens (tertiary/aromatic N) is 2. The summed E-state index contributed by atoms with van der Waals surface area (Å²) in [5.41, 5.74) is 1.99. The van der Waals surface area contributed by atoms with Gasteiger partial charge in [0, 0.05) is 29.9 Å². The zero-order chi connectivity index (χ0) is 28.7. The lowest BCUT2D eigenvalue weighted by Crippen LogP contribution is -2.53. The number of carbonyl (C=O) groups is 2. The highest BCUT2D eigenvalue weighted by molar-refractivity contribution is 7.92. The van der Waals surface area contributed by atoms with Crippen molar-refractivity contribution in [2.24, 2.45) is 0 Å². The molecule has 0 radical (unpaired) electrons. The lowest BCUT2D eigenvalue weighted by Gasteiger charge is -2.33. The fourth-order valence-electron chi connectivity index (χ4n) is 4.70. The molecule has 1 unspecified atom stereocenters. The summed E-state index contributed by atoms with van der Waals surface area (Å²) < 4.78 is 27.3. The maximum Gasteiger partial charge on any atom is 0.244 e. The molecule has 0 saturated carbocycles. The summed E-state index contributed by atoms with van der Waals surface area (Å²) in [6, 6.07) is 28.3. The number of carbonyl (C=O) groups excluding carboxylic acids is 2. The third-order valence-electron chi connectivity index (χ3n) is 6.58. The number of nitrogens with one attached hydrogen (secondary N) is 1. The summed E-state index contributed by atoms with van der Waals surface area (Å²) in [4.78, 5) is 29.0. The van der Waals surface area contributed by atoms with E-state index in [2.05, 4.69) is 5.32 Å². The maximum absolute atomic E-state index is 14.1. The molecule has 7 nitrogen and oxygen atoms in total. The topological polar surface area (TPSA) is 86.8 Å². The first-order valence-electron chi connectivity index (χ1n) is 13.0. The van der Waals surface area contributed by atoms with Crippen molar-refractivity contribution < 1.29 is 18.0 Å². The summed E-state index contributed by atoms with van der Waals surface area (Å²) in [5, 5.41) is 4.89. The van der Waals surface area contributed by atoms with Gasteiger partial charge in [-0.2, -0.15) is 0 Å². The summed E-state index contributed by atoms with van der Waals surface area (Å²) in [5.74, 6) is -0.830. The van der Waals surface area contributed by atoms with Crippen LogP contribution in [-0.2, 0) is 32.6 Å². The third-order valence-corrected chi connectivity index (χ3v) is 7.94. The fraction of sp³-hybridized carbons (Fsp3) is 0.226. The van der Waals surface area contributed by atoms with Crippen molar-refractivity contribution >= 4 is 49.9 Å². The van der Waals surface area contributed by atoms with Crippen LogP contribution in [0.3, 0.4) is 0 Å². The van der Waals surface area contributed by atoms with Crippen LogP contribution in [0.25, 0.3) is 10.8 Å². The maximum atomic E-state index is 14.1. The number of rotatable bonds is 11. The van der Waals surface area contributed by atoms with Gasteiger partial charge in [0.2, 0.25) is 21.8 Å². The predicted molar refractivity (Wildman–Crippen MR) is 161 cm³/mol. The van der Waals surface area contributed by atoms with Crippen LogP contribution in [0.1, 0.15) is 18.1 Å². The van der Waals surface area contributed by atoms with Crippen LogP contribution in [0.15, 0.2) is 97.1 Å². The highest BCUT2D eigenvalue weighted by atomic mass is 35.5. The molecular formula is C31H32ClN3O4S. The first kappa shape index (κ1) is 29.1. The molecule has 40 heavy (non-hydrogen) atoms. The first-order chi connectivity index (χ1) is 19.2. The molecule has 2 amide bonds. The number of halogens is 1. The number of amides is 2. The Labute approximate surface area is 240 Å². The van der Waals surface area contributed by atoms with E-state index in [0.29, 0.717) is 22.6 Å². The third kappa shape index (κ3) is 7.20. The quantitative estimate of drug-likeness (QED) is 0.271. The summed E-state index contributed by atoms with van der Waals surface area (Å²) in [7, 11) is -3.87. The molecule has 0 saturated heterocycles. The molecule has 208 valence electrons. The average molecular weight is 578 g/mol. The van der Waals surface area contributed by atoms with Gasteiger partial charge in [-0.3, -0.25) is 13.9 Å². The lowest BCUT2D eigenvalue weighted by atomic mass is 10.0. The van der Waals surface area contributed by atoms with Gasteiger partial charge in [-0.1, -0.05) is 90.5 Å². The number of hydrogen-bond donors (Lipinski definition) is 1. The minimum atomic E-state index is -3.87. The van der Waals surface area contributed by atoms with Crippen LogP contribution >= 0.6 is 11.6 Å². The normalized spacial score (nSPS) is 12.1. The second-order valence-electron chi connectivity index (χ2n) is 9.52. The zero-order valence-corrected chi connectivity index (χ0v) is 24.0. The van der Waals surface area contributed by atoms with E-state index in [1.807, 2.05) is 73.7 Å². The SMILES string of the molecule is CCNC(=O)C(Cc1ccccc1)N(Cc1cccc(Cl)c1)C(=O)CN(c1cccc2ccccc12)S(C)(=O)=O. The highest BCUT2D eigenvalue weighted by Gasteiger charge is 2.33. The zero-order valence-electron chi connectivity index (χ0n) is 22.5. The van der Waals surface area contributed by atoms with Crippen LogP contribution in [-0.4, -0.2) is 50.5 Å². The molecule has 9 heteroatoms. The largest absolute Gasteiger partial charge is 0.355 e. The van der Waals surface area contributed by atoms with Gasteiger partial charge >= 0.3 is 0 Å². The molecule has 0 bridgehead atoms. The molecule has 0 heterocycles. The van der Waals surface area contributed by atoms with Gasteiger partial charge in [-0.15, -0.1) is 0 Å². The molecule has 1 N–H and O–H groups in total. The Balaban J connectivity index is 1.77. The van der Waals surface area contributed by atoms with E-state index in [9.17, 15) is 18.0 Å². The molecule has 4 aromatic carbocycles. The molecule has 0 spiro atoms. The van der Waals surface area contributed by atoms with Crippen LogP contribution < -0.4 is 9.62 Å². The van der Waals surface area contributed by atoms with Gasteiger partial charge in [0.25, 0.3) is 0 Å². The number of fused-ring (bicyclic) bond motifs is 1. The van der Waals surface area contributed by atoms with E-state index in [1.165, 1.54) is 4.90 Å². The van der Waals surface area contributed by atoms with Crippen LogP contribution in [0.2, 0.25) is 5.02 Å². The van der Waals surface area contributed by atoms with Crippen molar-refractivity contribution in [1.29, 1.82) is 0 Å². The Kier molecular flexibility index (Phi) is 9.45. The van der Waals surface area contributed by atoms with Gasteiger partial charge in [-0.25, -0.2) is 8.42 Å². The van der Waals surface area contributed by atoms with Gasteiger partial charge in [0.05, 0.1) is 11.9 Å². The minimum absolute atomic E-state index is 0.0706. The van der Waals surface area contributed by atoms with Crippen molar-refractivity contribution in [1.82, 2.24) is 10.2 Å². The number of sulfonamides is 1. The molecule has 1 atom stereocenters. The minimum Gasteiger partial charge on any atom is -0.355 e. The van der Waals surface area contributed by atoms with E-state index in [0.717, 1.165) is 27.1 Å². The number of likely N-dealkylation sites (N-methyl/N-ethyl adjacent to an activating group) is 1. The molecule has 0 aliphatic heterocycles. The van der Waals surface area contributed by atoms with E-state index in [-0.39, 0.29) is 18.9 Å². The van der Waals surface area contributed by atoms with Crippen molar-refractivity contribution in [3.63, 3.8) is 0 Å². The standard InChI is InChI=1S/C31H32ClN3O4S/c1-3-33-31(37)29(20-23-11-5-4-6-12-23)34(21-24-13-9-16-26(32)19-24)30(36)22-35(40(2,38)39)28-18-10-15-25-14-7-8-17-27(25)28/h4-19,29H,3,20-22H2,1-2H3,(H,33,37). The van der Waals surface area contributed by atoms with Crippen molar-refractivity contribution in [2.75, 3.05) is 23.7 Å². The molecule has 0 aliphatic carbocycles. The average Bonchev–Trinajstić information content (AvgIpc) is 2.93. The number of benzene rings is 4. The monoisotopic (exact) mass is 577 g/mol. The van der Waals surface area contributed by atoms with Gasteiger partial charge < -0.3 is 10.2 Å². The fourth-order valence-corrected chi connectivity index (χ4v) is 5.77. The second kappa shape index (κ2) is 13.0. The van der Waals surface area contributed by atoms with E-state index >= 15 is 0 Å². The number of hydrogen-bond acceptors (Lipinski definition) is 4. The Bertz CT molecular complexity index is 1590. The van der Waals surface area contributed by atoms with Gasteiger partial charge in [0.1, 0.15) is 12.6 Å². The summed E-state index contributed by atoms with van der Waals surface area (Å²) in [6.45, 7) is 1.79. The van der Waals surface area contributed by atoms with Gasteiger partial charge in [-0.05, 0) is 41.6 Å². The van der Waals surface area contributed by atoms with Crippen LogP contribution in [0, 0.1) is 0 Å². The lowest BCUT2D eigenvalue weighted by molar-refractivity contribution is -0.140. The Morgan fingerprint density at radius 3 is 2.23 bits per heavy atom. The molecule has 0 aromatic heterocycles. The molecule has 0 fully saturated rings. The second-order valence-corrected chi connectivity index (χ2v) is 11.9. The van der Waals surface area contributed by atoms with E-state index in [1.54, 1.807) is 30.3 Å². The molecule has 4 aromatic rings. The summed E-state index contributed by atoms with van der Waals surface area (Å²) >= 11 is 6.24. The van der Waals surface area contributed by atoms with Crippen molar-refractivity contribution in [2.45, 2.75) is 25.9 Å². The summed E-state index contributed by atoms with van der Waals surface area (Å²) in [6.07, 6.45) is 1.33. The first-order valence-corrected chi connectivity index (χ1v) is 15.2. The van der Waals surface area contributed by atoms with E-state index < -0.39 is 28.5 Å². The number of anilines is 1. The molecule has 0 aliphatic rings. The Hall–Kier alpha value is -3.88. The Morgan fingerprint density at radius 2 is 1.52 bits per heavy atom. The predicted octanol–water partition coefficient (Wildman–Crippen LogP) is 5.04. The van der Waals surface area contributed by atoms with E-state index in [4.69, 9.17) is 11.6 Å². The Morgan fingerprint density at radius 1 is 0.875 bits per heavy atom.